The first kappa shape index (κ1) is 9.35. The van der Waals surface area contributed by atoms with Gasteiger partial charge in [-0.05, 0) is 18.2 Å². The van der Waals surface area contributed by atoms with Crippen LogP contribution in [0.25, 0.3) is 33.6 Å². The van der Waals surface area contributed by atoms with Gasteiger partial charge in [-0.3, -0.25) is 5.10 Å². The molecule has 86 valence electrons. The van der Waals surface area contributed by atoms with Gasteiger partial charge in [-0.2, -0.15) is 5.10 Å². The lowest BCUT2D eigenvalue weighted by molar-refractivity contribution is 1.10. The van der Waals surface area contributed by atoms with Crippen LogP contribution in [0.3, 0.4) is 0 Å². The maximum absolute atomic E-state index is 4.50. The largest absolute Gasteiger partial charge is 0.321 e. The van der Waals surface area contributed by atoms with E-state index in [0.29, 0.717) is 0 Å². The molecular weight excluding hydrogens is 226 g/mol. The van der Waals surface area contributed by atoms with Crippen molar-refractivity contribution in [3.63, 3.8) is 0 Å². The van der Waals surface area contributed by atoms with Crippen molar-refractivity contribution >= 4 is 22.1 Å². The molecule has 0 saturated heterocycles. The van der Waals surface area contributed by atoms with Crippen LogP contribution in [0.5, 0.6) is 0 Å². The van der Waals surface area contributed by atoms with Gasteiger partial charge >= 0.3 is 0 Å². The standard InChI is InChI=1S/C13H9N5/c1-2-5-9-8(4-1)11(18-17-9)13-15-10-6-3-7-14-12(10)16-13/h1-7H,(H,17,18)(H,14,15,16). The highest BCUT2D eigenvalue weighted by atomic mass is 15.1. The quantitative estimate of drug-likeness (QED) is 0.532. The van der Waals surface area contributed by atoms with Gasteiger partial charge in [0.1, 0.15) is 11.2 Å². The third-order valence-electron chi connectivity index (χ3n) is 2.95. The Kier molecular flexibility index (Phi) is 1.77. The topological polar surface area (TPSA) is 70.2 Å². The summed E-state index contributed by atoms with van der Waals surface area (Å²) in [5, 5.41) is 8.37. The number of hydrogen-bond acceptors (Lipinski definition) is 3. The molecule has 0 saturated carbocycles. The molecule has 5 nitrogen and oxygen atoms in total. The van der Waals surface area contributed by atoms with E-state index in [-0.39, 0.29) is 0 Å². The van der Waals surface area contributed by atoms with E-state index in [4.69, 9.17) is 0 Å². The lowest BCUT2D eigenvalue weighted by Crippen LogP contribution is -1.81. The van der Waals surface area contributed by atoms with Crippen molar-refractivity contribution < 1.29 is 0 Å². The van der Waals surface area contributed by atoms with Crippen molar-refractivity contribution in [2.24, 2.45) is 0 Å². The zero-order chi connectivity index (χ0) is 11.9. The van der Waals surface area contributed by atoms with E-state index in [0.717, 1.165) is 33.6 Å². The van der Waals surface area contributed by atoms with Gasteiger partial charge in [-0.15, -0.1) is 0 Å². The minimum Gasteiger partial charge on any atom is -0.321 e. The molecule has 0 aliphatic rings. The summed E-state index contributed by atoms with van der Waals surface area (Å²) < 4.78 is 0. The molecule has 3 heterocycles. The maximum Gasteiger partial charge on any atom is 0.160 e. The first-order chi connectivity index (χ1) is 8.92. The van der Waals surface area contributed by atoms with Crippen molar-refractivity contribution in [3.05, 3.63) is 42.6 Å². The second kappa shape index (κ2) is 3.40. The molecule has 0 atom stereocenters. The van der Waals surface area contributed by atoms with Gasteiger partial charge in [0.2, 0.25) is 0 Å². The fourth-order valence-corrected chi connectivity index (χ4v) is 2.10. The maximum atomic E-state index is 4.50. The highest BCUT2D eigenvalue weighted by Gasteiger charge is 2.11. The van der Waals surface area contributed by atoms with Crippen LogP contribution in [0, 0.1) is 0 Å². The van der Waals surface area contributed by atoms with Gasteiger partial charge in [-0.1, -0.05) is 18.2 Å². The lowest BCUT2D eigenvalue weighted by atomic mass is 10.2. The average molecular weight is 235 g/mol. The molecular formula is C13H9N5. The number of nitrogens with one attached hydrogen (secondary N) is 2. The minimum absolute atomic E-state index is 0.737. The van der Waals surface area contributed by atoms with Crippen LogP contribution in [0.2, 0.25) is 0 Å². The van der Waals surface area contributed by atoms with E-state index in [1.54, 1.807) is 6.20 Å². The number of hydrogen-bond donors (Lipinski definition) is 2. The smallest absolute Gasteiger partial charge is 0.160 e. The van der Waals surface area contributed by atoms with Gasteiger partial charge in [0.05, 0.1) is 5.52 Å². The predicted octanol–water partition coefficient (Wildman–Crippen LogP) is 2.50. The summed E-state index contributed by atoms with van der Waals surface area (Å²) in [6, 6.07) is 11.8. The van der Waals surface area contributed by atoms with Crippen molar-refractivity contribution in [1.82, 2.24) is 25.1 Å². The number of aromatic amines is 2. The van der Waals surface area contributed by atoms with Crippen molar-refractivity contribution in [1.29, 1.82) is 0 Å². The second-order valence-electron chi connectivity index (χ2n) is 4.07. The van der Waals surface area contributed by atoms with Crippen LogP contribution in [0.1, 0.15) is 0 Å². The van der Waals surface area contributed by atoms with Crippen LogP contribution in [-0.2, 0) is 0 Å². The van der Waals surface area contributed by atoms with Crippen molar-refractivity contribution in [3.8, 4) is 11.5 Å². The average Bonchev–Trinajstić information content (AvgIpc) is 3.02. The number of aromatic nitrogens is 5. The fraction of sp³-hybridized carbons (Fsp3) is 0. The second-order valence-corrected chi connectivity index (χ2v) is 4.07. The summed E-state index contributed by atoms with van der Waals surface area (Å²) in [4.78, 5) is 11.9. The Labute approximate surface area is 102 Å². The molecule has 0 aliphatic heterocycles. The third kappa shape index (κ3) is 1.24. The monoisotopic (exact) mass is 235 g/mol. The Morgan fingerprint density at radius 1 is 1.00 bits per heavy atom. The predicted molar refractivity (Wildman–Crippen MR) is 69.0 cm³/mol. The zero-order valence-corrected chi connectivity index (χ0v) is 9.38. The van der Waals surface area contributed by atoms with Crippen molar-refractivity contribution in [2.45, 2.75) is 0 Å². The Balaban J connectivity index is 2.01. The molecule has 0 fully saturated rings. The highest BCUT2D eigenvalue weighted by Crippen LogP contribution is 2.24. The van der Waals surface area contributed by atoms with E-state index >= 15 is 0 Å². The summed E-state index contributed by atoms with van der Waals surface area (Å²) in [6.07, 6.45) is 1.74. The van der Waals surface area contributed by atoms with Crippen molar-refractivity contribution in [2.75, 3.05) is 0 Å². The Bertz CT molecular complexity index is 809. The summed E-state index contributed by atoms with van der Waals surface area (Å²) in [7, 11) is 0. The molecule has 1 aromatic carbocycles. The third-order valence-corrected chi connectivity index (χ3v) is 2.95. The molecule has 0 radical (unpaired) electrons. The van der Waals surface area contributed by atoms with Crippen LogP contribution in [-0.4, -0.2) is 25.1 Å². The SMILES string of the molecule is c1cnc2[nH]c(-c3n[nH]c4ccccc34)nc2c1. The Morgan fingerprint density at radius 2 is 1.94 bits per heavy atom. The van der Waals surface area contributed by atoms with E-state index in [9.17, 15) is 0 Å². The molecule has 0 amide bonds. The molecule has 0 bridgehead atoms. The molecule has 0 spiro atoms. The number of pyridine rings is 1. The number of H-pyrrole nitrogens is 2. The summed E-state index contributed by atoms with van der Waals surface area (Å²) in [6.45, 7) is 0. The number of benzene rings is 1. The minimum atomic E-state index is 0.737. The number of para-hydroxylation sites is 1. The zero-order valence-electron chi connectivity index (χ0n) is 9.38. The molecule has 4 rings (SSSR count). The summed E-state index contributed by atoms with van der Waals surface area (Å²) >= 11 is 0. The molecule has 0 unspecified atom stereocenters. The molecule has 3 aromatic heterocycles. The number of fused-ring (bicyclic) bond motifs is 2. The van der Waals surface area contributed by atoms with Gasteiger partial charge in [0.15, 0.2) is 11.5 Å². The van der Waals surface area contributed by atoms with E-state index < -0.39 is 0 Å². The molecule has 5 heteroatoms. The lowest BCUT2D eigenvalue weighted by Gasteiger charge is -1.90. The fourth-order valence-electron chi connectivity index (χ4n) is 2.10. The van der Waals surface area contributed by atoms with Crippen LogP contribution in [0.15, 0.2) is 42.6 Å². The summed E-state index contributed by atoms with van der Waals surface area (Å²) in [5.41, 5.74) is 3.45. The first-order valence-electron chi connectivity index (χ1n) is 5.66. The van der Waals surface area contributed by atoms with Gasteiger partial charge in [0, 0.05) is 11.6 Å². The number of imidazole rings is 1. The normalized spacial score (nSPS) is 11.3. The van der Waals surface area contributed by atoms with Crippen LogP contribution >= 0.6 is 0 Å². The molecule has 0 aliphatic carbocycles. The van der Waals surface area contributed by atoms with E-state index in [1.807, 2.05) is 36.4 Å². The van der Waals surface area contributed by atoms with E-state index in [2.05, 4.69) is 25.1 Å². The van der Waals surface area contributed by atoms with Gasteiger partial charge in [-0.25, -0.2) is 9.97 Å². The van der Waals surface area contributed by atoms with Gasteiger partial charge < -0.3 is 4.98 Å². The van der Waals surface area contributed by atoms with Crippen LogP contribution in [0.4, 0.5) is 0 Å². The highest BCUT2D eigenvalue weighted by molar-refractivity contribution is 5.92. The first-order valence-corrected chi connectivity index (χ1v) is 5.66. The number of rotatable bonds is 1. The molecule has 18 heavy (non-hydrogen) atoms. The summed E-state index contributed by atoms with van der Waals surface area (Å²) in [5.74, 6) is 0.737. The molecule has 4 aromatic rings. The number of nitrogens with zero attached hydrogens (tertiary/aromatic N) is 3. The Morgan fingerprint density at radius 3 is 2.89 bits per heavy atom. The Hall–Kier alpha value is -2.69. The molecule has 2 N–H and O–H groups in total. The van der Waals surface area contributed by atoms with Gasteiger partial charge in [0.25, 0.3) is 0 Å². The van der Waals surface area contributed by atoms with E-state index in [1.165, 1.54) is 0 Å². The van der Waals surface area contributed by atoms with Crippen LogP contribution < -0.4 is 0 Å².